The molecule has 0 unspecified atom stereocenters. The Hall–Kier alpha value is -4.67. The molecule has 4 N–H and O–H groups in total. The highest BCUT2D eigenvalue weighted by molar-refractivity contribution is 6.34. The van der Waals surface area contributed by atoms with Crippen LogP contribution in [-0.2, 0) is 11.2 Å². The Morgan fingerprint density at radius 2 is 2.02 bits per heavy atom. The lowest BCUT2D eigenvalue weighted by Crippen LogP contribution is -2.48. The average Bonchev–Trinajstić information content (AvgIpc) is 3.47. The molecule has 3 amide bonds. The third-order valence-corrected chi connectivity index (χ3v) is 7.10. The molecule has 1 aromatic heterocycles. The first-order valence-corrected chi connectivity index (χ1v) is 13.5. The Balaban J connectivity index is 1.32. The van der Waals surface area contributed by atoms with Crippen LogP contribution in [0.15, 0.2) is 24.5 Å². The number of amides is 3. The minimum Gasteiger partial charge on any atom is -0.493 e. The number of fused-ring (bicyclic) bond motifs is 2. The number of anilines is 2. The van der Waals surface area contributed by atoms with Crippen molar-refractivity contribution in [2.75, 3.05) is 59.1 Å². The fraction of sp³-hybridized carbons (Fsp3) is 0.357. The molecule has 14 heteroatoms. The number of piperazine rings is 1. The number of ether oxygens (including phenoxy) is 4. The van der Waals surface area contributed by atoms with Crippen LogP contribution in [0.25, 0.3) is 10.9 Å². The van der Waals surface area contributed by atoms with E-state index in [9.17, 15) is 9.59 Å². The van der Waals surface area contributed by atoms with E-state index in [1.54, 1.807) is 30.2 Å². The second kappa shape index (κ2) is 12.9. The Morgan fingerprint density at radius 1 is 1.19 bits per heavy atom. The number of nitrogens with two attached hydrogens (primary N) is 1. The van der Waals surface area contributed by atoms with Gasteiger partial charge < -0.3 is 34.9 Å². The summed E-state index contributed by atoms with van der Waals surface area (Å²) >= 11 is 6.65. The quantitative estimate of drug-likeness (QED) is 0.191. The zero-order chi connectivity index (χ0) is 29.6. The maximum atomic E-state index is 11.9. The number of primary amides is 1. The Labute approximate surface area is 247 Å². The van der Waals surface area contributed by atoms with Crippen molar-refractivity contribution in [3.05, 3.63) is 35.1 Å². The number of hydrogen-bond acceptors (Lipinski definition) is 10. The third kappa shape index (κ3) is 6.45. The van der Waals surface area contributed by atoms with Crippen LogP contribution >= 0.6 is 11.6 Å². The molecule has 1 fully saturated rings. The molecule has 42 heavy (non-hydrogen) atoms. The van der Waals surface area contributed by atoms with Crippen LogP contribution in [0.4, 0.5) is 16.3 Å². The number of urea groups is 1. The second-order valence-corrected chi connectivity index (χ2v) is 9.99. The highest BCUT2D eigenvalue weighted by Crippen LogP contribution is 2.48. The zero-order valence-corrected chi connectivity index (χ0v) is 23.9. The molecule has 0 spiro atoms. The minimum atomic E-state index is -0.739. The molecule has 1 saturated heterocycles. The molecule has 2 aliphatic heterocycles. The summed E-state index contributed by atoms with van der Waals surface area (Å²) in [5.74, 6) is 5.38. The Morgan fingerprint density at radius 3 is 2.81 bits per heavy atom. The van der Waals surface area contributed by atoms with Gasteiger partial charge in [-0.25, -0.2) is 14.8 Å². The number of carbonyl (C=O) groups excluding carboxylic acids is 2. The van der Waals surface area contributed by atoms with Crippen molar-refractivity contribution in [2.24, 2.45) is 5.73 Å². The summed E-state index contributed by atoms with van der Waals surface area (Å²) in [5.41, 5.74) is 6.83. The molecule has 2 aliphatic rings. The molecule has 0 radical (unpaired) electrons. The number of methoxy groups -OCH3 is 1. The first-order chi connectivity index (χ1) is 20.3. The van der Waals surface area contributed by atoms with E-state index in [0.29, 0.717) is 69.1 Å². The number of likely N-dealkylation sites (N-methyl/N-ethyl adjacent to an activating group) is 1. The van der Waals surface area contributed by atoms with Crippen molar-refractivity contribution in [3.8, 4) is 35.0 Å². The van der Waals surface area contributed by atoms with Gasteiger partial charge in [-0.3, -0.25) is 15.0 Å². The van der Waals surface area contributed by atoms with Gasteiger partial charge in [0.05, 0.1) is 30.8 Å². The lowest BCUT2D eigenvalue weighted by atomic mass is 10.1. The van der Waals surface area contributed by atoms with Crippen molar-refractivity contribution < 1.29 is 28.5 Å². The SMILES string of the molecule is COc1cc2c(Nc3c(Cl)cc(CC#CNC(N)=O)c4c3OCO4)ncnc2cc1OCCCN1CCN(C)C(=O)C1. The zero-order valence-electron chi connectivity index (χ0n) is 23.2. The molecule has 3 aromatic rings. The maximum Gasteiger partial charge on any atom is 0.323 e. The maximum absolute atomic E-state index is 11.9. The number of aromatic nitrogens is 2. The smallest absolute Gasteiger partial charge is 0.323 e. The molecule has 3 heterocycles. The number of carbonyl (C=O) groups is 2. The van der Waals surface area contributed by atoms with Gasteiger partial charge in [0.2, 0.25) is 12.7 Å². The highest BCUT2D eigenvalue weighted by Gasteiger charge is 2.26. The molecule has 0 bridgehead atoms. The van der Waals surface area contributed by atoms with Gasteiger partial charge in [-0.05, 0) is 18.6 Å². The second-order valence-electron chi connectivity index (χ2n) is 9.59. The van der Waals surface area contributed by atoms with Crippen LogP contribution in [0.3, 0.4) is 0 Å². The summed E-state index contributed by atoms with van der Waals surface area (Å²) in [5, 5.41) is 6.51. The van der Waals surface area contributed by atoms with Crippen LogP contribution in [-0.4, -0.2) is 85.4 Å². The summed E-state index contributed by atoms with van der Waals surface area (Å²) in [4.78, 5) is 35.5. The molecule has 0 atom stereocenters. The molecule has 0 saturated carbocycles. The first-order valence-electron chi connectivity index (χ1n) is 13.2. The van der Waals surface area contributed by atoms with Gasteiger partial charge in [0, 0.05) is 56.2 Å². The summed E-state index contributed by atoms with van der Waals surface area (Å²) in [6.07, 6.45) is 2.44. The number of benzene rings is 2. The van der Waals surface area contributed by atoms with E-state index >= 15 is 0 Å². The Kier molecular flexibility index (Phi) is 8.85. The molecular formula is C28H30ClN7O6. The van der Waals surface area contributed by atoms with Crippen molar-refractivity contribution in [2.45, 2.75) is 12.8 Å². The largest absolute Gasteiger partial charge is 0.493 e. The van der Waals surface area contributed by atoms with Gasteiger partial charge in [-0.2, -0.15) is 0 Å². The number of rotatable bonds is 9. The summed E-state index contributed by atoms with van der Waals surface area (Å²) < 4.78 is 23.1. The molecule has 0 aliphatic carbocycles. The van der Waals surface area contributed by atoms with Gasteiger partial charge >= 0.3 is 6.03 Å². The molecule has 220 valence electrons. The fourth-order valence-corrected chi connectivity index (χ4v) is 4.88. The van der Waals surface area contributed by atoms with Crippen molar-refractivity contribution in [1.29, 1.82) is 0 Å². The van der Waals surface area contributed by atoms with Gasteiger partial charge in [-0.15, -0.1) is 0 Å². The number of nitrogens with one attached hydrogen (secondary N) is 2. The minimum absolute atomic E-state index is 0.00841. The van der Waals surface area contributed by atoms with E-state index in [0.717, 1.165) is 26.1 Å². The number of hydrogen-bond donors (Lipinski definition) is 3. The van der Waals surface area contributed by atoms with E-state index in [1.807, 2.05) is 7.05 Å². The van der Waals surface area contributed by atoms with E-state index in [1.165, 1.54) is 6.33 Å². The summed E-state index contributed by atoms with van der Waals surface area (Å²) in [6, 6.07) is 7.06. The van der Waals surface area contributed by atoms with Crippen molar-refractivity contribution in [1.82, 2.24) is 25.1 Å². The van der Waals surface area contributed by atoms with Gasteiger partial charge in [-0.1, -0.05) is 17.5 Å². The monoisotopic (exact) mass is 595 g/mol. The van der Waals surface area contributed by atoms with Gasteiger partial charge in [0.1, 0.15) is 17.8 Å². The van der Waals surface area contributed by atoms with E-state index in [-0.39, 0.29) is 19.1 Å². The van der Waals surface area contributed by atoms with E-state index < -0.39 is 6.03 Å². The number of nitrogens with zero attached hydrogens (tertiary/aromatic N) is 4. The van der Waals surface area contributed by atoms with Crippen LogP contribution in [0, 0.1) is 12.0 Å². The van der Waals surface area contributed by atoms with Gasteiger partial charge in [0.25, 0.3) is 0 Å². The number of halogens is 1. The lowest BCUT2D eigenvalue weighted by molar-refractivity contribution is -0.134. The normalized spacial score (nSPS) is 14.4. The van der Waals surface area contributed by atoms with Gasteiger partial charge in [0.15, 0.2) is 23.0 Å². The van der Waals surface area contributed by atoms with Crippen LogP contribution < -0.4 is 35.3 Å². The fourth-order valence-electron chi connectivity index (χ4n) is 4.62. The standard InChI is InChI=1S/C28H30ClN7O6/c1-35-8-9-36(14-23(35)37)7-4-10-40-22-13-20-18(12-21(22)39-2)27(33-15-32-20)34-24-19(29)11-17(5-3-6-31-28(30)38)25-26(24)42-16-41-25/h11-13,15H,4-5,7-10,14,16H2,1-2H3,(H3,30,31,38)(H,32,33,34). The predicted molar refractivity (Wildman–Crippen MR) is 155 cm³/mol. The molecule has 13 nitrogen and oxygen atoms in total. The molecule has 2 aromatic carbocycles. The summed E-state index contributed by atoms with van der Waals surface area (Å²) in [7, 11) is 3.39. The highest BCUT2D eigenvalue weighted by atomic mass is 35.5. The van der Waals surface area contributed by atoms with Crippen LogP contribution in [0.2, 0.25) is 5.02 Å². The van der Waals surface area contributed by atoms with E-state index in [4.69, 9.17) is 36.3 Å². The lowest BCUT2D eigenvalue weighted by Gasteiger charge is -2.31. The van der Waals surface area contributed by atoms with Crippen molar-refractivity contribution in [3.63, 3.8) is 0 Å². The van der Waals surface area contributed by atoms with E-state index in [2.05, 4.69) is 37.5 Å². The molecule has 5 rings (SSSR count). The Bertz CT molecular complexity index is 1570. The van der Waals surface area contributed by atoms with Crippen LogP contribution in [0.1, 0.15) is 12.0 Å². The predicted octanol–water partition coefficient (Wildman–Crippen LogP) is 2.48. The summed E-state index contributed by atoms with van der Waals surface area (Å²) in [6.45, 7) is 3.23. The topological polar surface area (TPSA) is 153 Å². The van der Waals surface area contributed by atoms with Crippen molar-refractivity contribution >= 4 is 45.9 Å². The third-order valence-electron chi connectivity index (χ3n) is 6.80. The first kappa shape index (κ1) is 28.8. The van der Waals surface area contributed by atoms with Crippen LogP contribution in [0.5, 0.6) is 23.0 Å². The molecular weight excluding hydrogens is 566 g/mol. The average molecular weight is 596 g/mol.